The van der Waals surface area contributed by atoms with E-state index in [1.165, 1.54) is 30.0 Å². The zero-order chi connectivity index (χ0) is 29.1. The predicted molar refractivity (Wildman–Crippen MR) is 136 cm³/mol. The first-order valence-corrected chi connectivity index (χ1v) is 12.6. The molecule has 0 spiro atoms. The molecule has 1 unspecified atom stereocenters. The molecule has 4 amide bonds. The number of carboxylic acids is 1. The molecule has 2 aliphatic heterocycles. The van der Waals surface area contributed by atoms with Crippen molar-refractivity contribution in [1.29, 1.82) is 0 Å². The second-order valence-electron chi connectivity index (χ2n) is 10.8. The Labute approximate surface area is 226 Å². The smallest absolute Gasteiger partial charge is 0.407 e. The minimum Gasteiger partial charge on any atom is -0.491 e. The van der Waals surface area contributed by atoms with E-state index in [0.29, 0.717) is 6.42 Å². The molecule has 1 aromatic carbocycles. The number of nitrogens with zero attached hydrogens (tertiary/aromatic N) is 3. The van der Waals surface area contributed by atoms with Gasteiger partial charge in [-0.05, 0) is 51.8 Å². The van der Waals surface area contributed by atoms with Crippen LogP contribution in [0.25, 0.3) is 0 Å². The summed E-state index contributed by atoms with van der Waals surface area (Å²) in [5, 5.41) is 12.5. The molecule has 1 aromatic rings. The SMILES string of the molecule is CN1CC(=O)N2CC(NC(=O)OC(C)(C)C)C[C@H]2COc2ccc(F)cc2C(=O)N(C)[C@H](C(=O)O)CCC1=O. The zero-order valence-electron chi connectivity index (χ0n) is 22.7. The quantitative estimate of drug-likeness (QED) is 0.563. The number of amides is 4. The molecule has 0 saturated carbocycles. The fraction of sp³-hybridized carbons (Fsp3) is 0.577. The zero-order valence-corrected chi connectivity index (χ0v) is 22.7. The summed E-state index contributed by atoms with van der Waals surface area (Å²) in [5.74, 6) is -3.71. The minimum atomic E-state index is -1.37. The Kier molecular flexibility index (Phi) is 9.03. The first-order chi connectivity index (χ1) is 18.2. The van der Waals surface area contributed by atoms with Crippen LogP contribution in [0.4, 0.5) is 9.18 Å². The predicted octanol–water partition coefficient (Wildman–Crippen LogP) is 1.48. The number of ether oxygens (including phenoxy) is 2. The Hall–Kier alpha value is -3.90. The summed E-state index contributed by atoms with van der Waals surface area (Å²) in [6.45, 7) is 4.94. The molecular weight excluding hydrogens is 515 g/mol. The minimum absolute atomic E-state index is 0.0106. The van der Waals surface area contributed by atoms with E-state index in [1.807, 2.05) is 0 Å². The lowest BCUT2D eigenvalue weighted by Gasteiger charge is -2.27. The number of carbonyl (C=O) groups excluding carboxylic acids is 4. The summed E-state index contributed by atoms with van der Waals surface area (Å²) >= 11 is 0. The maximum Gasteiger partial charge on any atom is 0.407 e. The maximum atomic E-state index is 14.1. The maximum absolute atomic E-state index is 14.1. The van der Waals surface area contributed by atoms with Gasteiger partial charge in [-0.15, -0.1) is 0 Å². The number of carbonyl (C=O) groups is 5. The van der Waals surface area contributed by atoms with E-state index < -0.39 is 59.3 Å². The molecule has 0 aromatic heterocycles. The third-order valence-electron chi connectivity index (χ3n) is 6.56. The molecule has 3 atom stereocenters. The van der Waals surface area contributed by atoms with Gasteiger partial charge in [-0.2, -0.15) is 0 Å². The molecule has 2 aliphatic rings. The van der Waals surface area contributed by atoms with Gasteiger partial charge < -0.3 is 34.6 Å². The Morgan fingerprint density at radius 3 is 2.49 bits per heavy atom. The molecule has 2 N–H and O–H groups in total. The van der Waals surface area contributed by atoms with E-state index in [-0.39, 0.29) is 43.9 Å². The van der Waals surface area contributed by atoms with Gasteiger partial charge in [0.25, 0.3) is 5.91 Å². The van der Waals surface area contributed by atoms with E-state index in [1.54, 1.807) is 20.8 Å². The van der Waals surface area contributed by atoms with Crippen molar-refractivity contribution in [2.24, 2.45) is 0 Å². The number of rotatable bonds is 2. The molecular formula is C26H35FN4O8. The highest BCUT2D eigenvalue weighted by atomic mass is 19.1. The van der Waals surface area contributed by atoms with Crippen LogP contribution in [-0.4, -0.2) is 107 Å². The molecule has 0 bridgehead atoms. The lowest BCUT2D eigenvalue weighted by atomic mass is 10.1. The van der Waals surface area contributed by atoms with Gasteiger partial charge >= 0.3 is 12.1 Å². The molecule has 1 saturated heterocycles. The van der Waals surface area contributed by atoms with Gasteiger partial charge in [0.05, 0.1) is 24.2 Å². The van der Waals surface area contributed by atoms with Crippen LogP contribution in [0.1, 0.15) is 50.4 Å². The van der Waals surface area contributed by atoms with Crippen molar-refractivity contribution in [2.75, 3.05) is 33.8 Å². The normalized spacial score (nSPS) is 23.3. The van der Waals surface area contributed by atoms with Crippen LogP contribution in [0.2, 0.25) is 0 Å². The molecule has 12 nitrogen and oxygen atoms in total. The summed E-state index contributed by atoms with van der Waals surface area (Å²) in [7, 11) is 2.69. The van der Waals surface area contributed by atoms with E-state index in [0.717, 1.165) is 17.0 Å². The third-order valence-corrected chi connectivity index (χ3v) is 6.56. The summed E-state index contributed by atoms with van der Waals surface area (Å²) in [5.41, 5.74) is -0.908. The first-order valence-electron chi connectivity index (χ1n) is 12.6. The van der Waals surface area contributed by atoms with Crippen molar-refractivity contribution < 1.29 is 42.9 Å². The van der Waals surface area contributed by atoms with E-state index in [2.05, 4.69) is 5.32 Å². The van der Waals surface area contributed by atoms with Crippen molar-refractivity contribution >= 4 is 29.8 Å². The number of halogens is 1. The van der Waals surface area contributed by atoms with Crippen LogP contribution < -0.4 is 10.1 Å². The van der Waals surface area contributed by atoms with Crippen molar-refractivity contribution in [1.82, 2.24) is 20.0 Å². The van der Waals surface area contributed by atoms with Gasteiger partial charge in [-0.1, -0.05) is 0 Å². The van der Waals surface area contributed by atoms with Gasteiger partial charge in [-0.3, -0.25) is 14.4 Å². The van der Waals surface area contributed by atoms with Crippen molar-refractivity contribution in [3.8, 4) is 5.75 Å². The number of carboxylic acid groups (broad SMARTS) is 1. The topological polar surface area (TPSA) is 146 Å². The first kappa shape index (κ1) is 29.7. The van der Waals surface area contributed by atoms with E-state index >= 15 is 0 Å². The number of hydrogen-bond acceptors (Lipinski definition) is 7. The monoisotopic (exact) mass is 550 g/mol. The standard InChI is InChI=1S/C26H35FN4O8/c1-26(2,3)39-25(37)28-16-11-17-14-38-20-8-6-15(27)10-18(20)23(34)30(5)19(24(35)36)7-9-21(32)29(4)13-22(33)31(17)12-16/h6,8,10,16-17,19H,7,9,11-14H2,1-5H3,(H,28,37)(H,35,36)/t16?,17-,19-/m0/s1. The Bertz CT molecular complexity index is 1140. The molecule has 214 valence electrons. The van der Waals surface area contributed by atoms with Crippen molar-refractivity contribution in [2.45, 2.75) is 63.8 Å². The van der Waals surface area contributed by atoms with Crippen LogP contribution in [0, 0.1) is 5.82 Å². The van der Waals surface area contributed by atoms with Crippen LogP contribution in [0.3, 0.4) is 0 Å². The number of alkyl carbamates (subject to hydrolysis) is 1. The lowest BCUT2D eigenvalue weighted by Crippen LogP contribution is -2.46. The number of hydrogen-bond donors (Lipinski definition) is 2. The molecule has 2 heterocycles. The van der Waals surface area contributed by atoms with Gasteiger partial charge in [0.15, 0.2) is 0 Å². The highest BCUT2D eigenvalue weighted by Gasteiger charge is 2.38. The van der Waals surface area contributed by atoms with Crippen molar-refractivity contribution in [3.63, 3.8) is 0 Å². The van der Waals surface area contributed by atoms with Crippen LogP contribution in [-0.2, 0) is 19.1 Å². The molecule has 3 rings (SSSR count). The van der Waals surface area contributed by atoms with Gasteiger partial charge in [0, 0.05) is 27.1 Å². The number of aliphatic carboxylic acids is 1. The van der Waals surface area contributed by atoms with Gasteiger partial charge in [0.2, 0.25) is 11.8 Å². The third kappa shape index (κ3) is 7.58. The average molecular weight is 551 g/mol. The summed E-state index contributed by atoms with van der Waals surface area (Å²) < 4.78 is 25.4. The molecule has 0 aliphatic carbocycles. The lowest BCUT2D eigenvalue weighted by molar-refractivity contribution is -0.143. The average Bonchev–Trinajstić information content (AvgIpc) is 3.22. The Balaban J connectivity index is 1.92. The highest BCUT2D eigenvalue weighted by Crippen LogP contribution is 2.26. The van der Waals surface area contributed by atoms with Crippen molar-refractivity contribution in [3.05, 3.63) is 29.6 Å². The number of nitrogens with one attached hydrogen (secondary N) is 1. The summed E-state index contributed by atoms with van der Waals surface area (Å²) in [4.78, 5) is 67.1. The fourth-order valence-electron chi connectivity index (χ4n) is 4.59. The second-order valence-corrected chi connectivity index (χ2v) is 10.8. The second kappa shape index (κ2) is 11.9. The van der Waals surface area contributed by atoms with Gasteiger partial charge in [0.1, 0.15) is 29.8 Å². The Morgan fingerprint density at radius 1 is 1.15 bits per heavy atom. The molecule has 1 fully saturated rings. The van der Waals surface area contributed by atoms with E-state index in [9.17, 15) is 33.5 Å². The molecule has 13 heteroatoms. The summed E-state index contributed by atoms with van der Waals surface area (Å²) in [6.07, 6.45) is -0.793. The van der Waals surface area contributed by atoms with E-state index in [4.69, 9.17) is 9.47 Å². The number of fused-ring (bicyclic) bond motifs is 2. The summed E-state index contributed by atoms with van der Waals surface area (Å²) in [6, 6.07) is 0.938. The van der Waals surface area contributed by atoms with Crippen LogP contribution >= 0.6 is 0 Å². The van der Waals surface area contributed by atoms with Crippen LogP contribution in [0.15, 0.2) is 18.2 Å². The molecule has 0 radical (unpaired) electrons. The number of benzene rings is 1. The fourth-order valence-corrected chi connectivity index (χ4v) is 4.59. The highest BCUT2D eigenvalue weighted by molar-refractivity contribution is 5.99. The van der Waals surface area contributed by atoms with Crippen LogP contribution in [0.5, 0.6) is 5.75 Å². The molecule has 39 heavy (non-hydrogen) atoms. The number of likely N-dealkylation sites (N-methyl/N-ethyl adjacent to an activating group) is 2. The Morgan fingerprint density at radius 2 is 1.85 bits per heavy atom. The van der Waals surface area contributed by atoms with Gasteiger partial charge in [-0.25, -0.2) is 14.0 Å². The largest absolute Gasteiger partial charge is 0.491 e.